The lowest BCUT2D eigenvalue weighted by Gasteiger charge is -2.32. The van der Waals surface area contributed by atoms with E-state index in [1.807, 2.05) is 64.1 Å². The smallest absolute Gasteiger partial charge is 0.453 e. The van der Waals surface area contributed by atoms with Crippen molar-refractivity contribution in [2.75, 3.05) is 0 Å². The summed E-state index contributed by atoms with van der Waals surface area (Å²) < 4.78 is 18.0. The molecule has 26 heavy (non-hydrogen) atoms. The van der Waals surface area contributed by atoms with Crippen LogP contribution in [0.1, 0.15) is 43.8 Å². The van der Waals surface area contributed by atoms with Crippen LogP contribution in [0.25, 0.3) is 11.0 Å². The zero-order chi connectivity index (χ0) is 18.5. The Balaban J connectivity index is 1.66. The summed E-state index contributed by atoms with van der Waals surface area (Å²) in [5, 5.41) is 0.858. The predicted molar refractivity (Wildman–Crippen MR) is 102 cm³/mol. The summed E-state index contributed by atoms with van der Waals surface area (Å²) in [6.45, 7) is 8.11. The van der Waals surface area contributed by atoms with Crippen LogP contribution in [0.2, 0.25) is 0 Å². The first-order valence-electron chi connectivity index (χ1n) is 8.76. The Morgan fingerprint density at radius 1 is 0.885 bits per heavy atom. The summed E-state index contributed by atoms with van der Waals surface area (Å²) in [6, 6.07) is 16.6. The van der Waals surface area contributed by atoms with E-state index in [2.05, 4.69) is 0 Å². The molecule has 0 bridgehead atoms. The Labute approximate surface area is 153 Å². The van der Waals surface area contributed by atoms with Gasteiger partial charge in [-0.2, -0.15) is 0 Å². The first kappa shape index (κ1) is 17.1. The second-order valence-electron chi connectivity index (χ2n) is 7.69. The molecule has 132 valence electrons. The zero-order valence-corrected chi connectivity index (χ0v) is 15.4. The van der Waals surface area contributed by atoms with Gasteiger partial charge >= 0.3 is 7.12 Å². The van der Waals surface area contributed by atoms with Crippen molar-refractivity contribution in [2.24, 2.45) is 0 Å². The average Bonchev–Trinajstić information content (AvgIpc) is 3.12. The highest BCUT2D eigenvalue weighted by Crippen LogP contribution is 2.36. The number of carbonyl (C=O) groups is 1. The van der Waals surface area contributed by atoms with Crippen molar-refractivity contribution in [2.45, 2.75) is 38.9 Å². The van der Waals surface area contributed by atoms with Gasteiger partial charge in [0.15, 0.2) is 5.76 Å². The van der Waals surface area contributed by atoms with Crippen LogP contribution in [-0.2, 0) is 9.31 Å². The Morgan fingerprint density at radius 3 is 2.19 bits per heavy atom. The Morgan fingerprint density at radius 2 is 1.54 bits per heavy atom. The molecule has 0 spiro atoms. The van der Waals surface area contributed by atoms with Crippen LogP contribution in [0.5, 0.6) is 0 Å². The highest BCUT2D eigenvalue weighted by Gasteiger charge is 2.51. The van der Waals surface area contributed by atoms with Crippen LogP contribution >= 0.6 is 0 Å². The van der Waals surface area contributed by atoms with Gasteiger partial charge in [0.1, 0.15) is 5.58 Å². The van der Waals surface area contributed by atoms with Crippen molar-refractivity contribution in [3.8, 4) is 0 Å². The maximum atomic E-state index is 12.6. The molecule has 1 saturated heterocycles. The van der Waals surface area contributed by atoms with Gasteiger partial charge in [-0.1, -0.05) is 42.5 Å². The molecule has 1 aliphatic heterocycles. The number of hydrogen-bond donors (Lipinski definition) is 0. The standard InChI is InChI=1S/C21H21BO4/c1-20(2)21(3,4)26-22(25-20)16-10-11-17-15(12-16)13-18(24-17)19(23)14-8-6-5-7-9-14/h5-13H,1-4H3. The molecule has 5 heteroatoms. The highest BCUT2D eigenvalue weighted by atomic mass is 16.7. The van der Waals surface area contributed by atoms with E-state index in [1.54, 1.807) is 18.2 Å². The molecule has 4 nitrogen and oxygen atoms in total. The van der Waals surface area contributed by atoms with Crippen molar-refractivity contribution in [3.63, 3.8) is 0 Å². The minimum atomic E-state index is -0.437. The van der Waals surface area contributed by atoms with E-state index < -0.39 is 18.3 Å². The molecule has 2 aromatic carbocycles. The molecule has 1 aliphatic rings. The third-order valence-electron chi connectivity index (χ3n) is 5.33. The van der Waals surface area contributed by atoms with Crippen LogP contribution in [-0.4, -0.2) is 24.1 Å². The lowest BCUT2D eigenvalue weighted by molar-refractivity contribution is 0.00578. The Hall–Kier alpha value is -2.37. The van der Waals surface area contributed by atoms with Crippen LogP contribution in [0.3, 0.4) is 0 Å². The van der Waals surface area contributed by atoms with Gasteiger partial charge < -0.3 is 13.7 Å². The van der Waals surface area contributed by atoms with Crippen molar-refractivity contribution < 1.29 is 18.5 Å². The molecule has 0 aliphatic carbocycles. The molecule has 0 unspecified atom stereocenters. The fourth-order valence-electron chi connectivity index (χ4n) is 3.03. The SMILES string of the molecule is CC1(C)OB(c2ccc3oc(C(=O)c4ccccc4)cc3c2)OC1(C)C. The molecule has 3 aromatic rings. The number of benzene rings is 2. The van der Waals surface area contributed by atoms with Gasteiger partial charge in [-0.25, -0.2) is 0 Å². The van der Waals surface area contributed by atoms with Crippen LogP contribution < -0.4 is 5.46 Å². The van der Waals surface area contributed by atoms with Crippen molar-refractivity contribution in [3.05, 3.63) is 65.9 Å². The van der Waals surface area contributed by atoms with Gasteiger partial charge in [0.25, 0.3) is 0 Å². The van der Waals surface area contributed by atoms with Crippen molar-refractivity contribution in [1.82, 2.24) is 0 Å². The maximum Gasteiger partial charge on any atom is 0.494 e. The normalized spacial score (nSPS) is 18.4. The molecule has 1 aromatic heterocycles. The van der Waals surface area contributed by atoms with Crippen molar-refractivity contribution in [1.29, 1.82) is 0 Å². The first-order valence-corrected chi connectivity index (χ1v) is 8.76. The Bertz CT molecular complexity index is 956. The molecule has 0 saturated carbocycles. The number of rotatable bonds is 3. The largest absolute Gasteiger partial charge is 0.494 e. The van der Waals surface area contributed by atoms with Gasteiger partial charge in [0.2, 0.25) is 5.78 Å². The van der Waals surface area contributed by atoms with E-state index in [-0.39, 0.29) is 5.78 Å². The van der Waals surface area contributed by atoms with E-state index in [4.69, 9.17) is 13.7 Å². The average molecular weight is 348 g/mol. The highest BCUT2D eigenvalue weighted by molar-refractivity contribution is 6.62. The van der Waals surface area contributed by atoms with Crippen LogP contribution in [0.15, 0.2) is 59.0 Å². The molecule has 4 rings (SSSR count). The molecular formula is C21H21BO4. The summed E-state index contributed by atoms with van der Waals surface area (Å²) in [5.41, 5.74) is 1.41. The summed E-state index contributed by atoms with van der Waals surface area (Å²) in [6.07, 6.45) is 0. The quantitative estimate of drug-likeness (QED) is 0.531. The van der Waals surface area contributed by atoms with Gasteiger partial charge in [0.05, 0.1) is 11.2 Å². The van der Waals surface area contributed by atoms with Crippen molar-refractivity contribution >= 4 is 29.3 Å². The van der Waals surface area contributed by atoms with E-state index in [9.17, 15) is 4.79 Å². The van der Waals surface area contributed by atoms with E-state index in [0.29, 0.717) is 16.9 Å². The molecule has 0 radical (unpaired) electrons. The Kier molecular flexibility index (Phi) is 3.83. The summed E-state index contributed by atoms with van der Waals surface area (Å²) in [4.78, 5) is 12.6. The lowest BCUT2D eigenvalue weighted by atomic mass is 9.79. The summed E-state index contributed by atoms with van der Waals surface area (Å²) >= 11 is 0. The number of furan rings is 1. The van der Waals surface area contributed by atoms with E-state index in [0.717, 1.165) is 10.8 Å². The molecule has 0 N–H and O–H groups in total. The fraction of sp³-hybridized carbons (Fsp3) is 0.286. The second kappa shape index (κ2) is 5.83. The summed E-state index contributed by atoms with van der Waals surface area (Å²) in [5.74, 6) is 0.205. The first-order chi connectivity index (χ1) is 12.3. The molecule has 0 atom stereocenters. The molecule has 0 amide bonds. The molecule has 1 fully saturated rings. The second-order valence-corrected chi connectivity index (χ2v) is 7.69. The predicted octanol–water partition coefficient (Wildman–Crippen LogP) is 3.96. The summed E-state index contributed by atoms with van der Waals surface area (Å²) in [7, 11) is -0.437. The maximum absolute atomic E-state index is 12.6. The monoisotopic (exact) mass is 348 g/mol. The number of carbonyl (C=O) groups excluding carboxylic acids is 1. The number of hydrogen-bond acceptors (Lipinski definition) is 4. The number of ketones is 1. The van der Waals surface area contributed by atoms with E-state index in [1.165, 1.54) is 0 Å². The van der Waals surface area contributed by atoms with Gasteiger partial charge in [-0.15, -0.1) is 0 Å². The fourth-order valence-corrected chi connectivity index (χ4v) is 3.03. The zero-order valence-electron chi connectivity index (χ0n) is 15.4. The number of fused-ring (bicyclic) bond motifs is 1. The molecule has 2 heterocycles. The van der Waals surface area contributed by atoms with Crippen LogP contribution in [0.4, 0.5) is 0 Å². The minimum absolute atomic E-state index is 0.126. The van der Waals surface area contributed by atoms with Crippen LogP contribution in [0, 0.1) is 0 Å². The van der Waals surface area contributed by atoms with Gasteiger partial charge in [-0.3, -0.25) is 4.79 Å². The van der Waals surface area contributed by atoms with E-state index >= 15 is 0 Å². The van der Waals surface area contributed by atoms with Gasteiger partial charge in [0, 0.05) is 10.9 Å². The van der Waals surface area contributed by atoms with Gasteiger partial charge in [-0.05, 0) is 45.3 Å². The minimum Gasteiger partial charge on any atom is -0.453 e. The molecular weight excluding hydrogens is 327 g/mol. The third-order valence-corrected chi connectivity index (χ3v) is 5.33. The third kappa shape index (κ3) is 2.77. The lowest BCUT2D eigenvalue weighted by Crippen LogP contribution is -2.41. The topological polar surface area (TPSA) is 48.7 Å².